The standard InChI is InChI=1S/C15H23ClN4O4S/c1-19(2)9-14(21)20-5-3-11(4-6-20)10-24-15-13(16)7-12(8-18-15)25(17,22)23/h7-8,11H,3-6,9-10H2,1-2H3,(H2,17,22,23). The summed E-state index contributed by atoms with van der Waals surface area (Å²) >= 11 is 6.00. The highest BCUT2D eigenvalue weighted by atomic mass is 35.5. The molecule has 10 heteroatoms. The fourth-order valence-corrected chi connectivity index (χ4v) is 3.35. The van der Waals surface area contributed by atoms with Gasteiger partial charge in [-0.05, 0) is 38.9 Å². The number of aromatic nitrogens is 1. The minimum atomic E-state index is -3.84. The summed E-state index contributed by atoms with van der Waals surface area (Å²) in [7, 11) is -0.101. The SMILES string of the molecule is CN(C)CC(=O)N1CCC(COc2ncc(S(N)(=O)=O)cc2Cl)CC1. The van der Waals surface area contributed by atoms with E-state index in [2.05, 4.69) is 4.98 Å². The van der Waals surface area contributed by atoms with Gasteiger partial charge in [-0.15, -0.1) is 0 Å². The first-order chi connectivity index (χ1) is 11.7. The molecule has 1 saturated heterocycles. The molecule has 8 nitrogen and oxygen atoms in total. The Balaban J connectivity index is 1.84. The number of hydrogen-bond acceptors (Lipinski definition) is 6. The molecule has 1 aromatic heterocycles. The Morgan fingerprint density at radius 2 is 2.08 bits per heavy atom. The molecule has 1 amide bonds. The molecule has 2 N–H and O–H groups in total. The summed E-state index contributed by atoms with van der Waals surface area (Å²) in [5, 5.41) is 5.13. The predicted molar refractivity (Wildman–Crippen MR) is 94.0 cm³/mol. The summed E-state index contributed by atoms with van der Waals surface area (Å²) in [6.07, 6.45) is 2.80. The van der Waals surface area contributed by atoms with Crippen LogP contribution in [0.2, 0.25) is 5.02 Å². The van der Waals surface area contributed by atoms with Gasteiger partial charge < -0.3 is 14.5 Å². The number of ether oxygens (including phenoxy) is 1. The lowest BCUT2D eigenvalue weighted by Crippen LogP contribution is -2.43. The van der Waals surface area contributed by atoms with Gasteiger partial charge in [0.15, 0.2) is 0 Å². The van der Waals surface area contributed by atoms with Crippen molar-refractivity contribution in [2.24, 2.45) is 11.1 Å². The monoisotopic (exact) mass is 390 g/mol. The van der Waals surface area contributed by atoms with Crippen molar-refractivity contribution in [2.45, 2.75) is 17.7 Å². The average Bonchev–Trinajstić information content (AvgIpc) is 2.52. The molecule has 0 spiro atoms. The number of nitrogens with zero attached hydrogens (tertiary/aromatic N) is 3. The Morgan fingerprint density at radius 3 is 2.60 bits per heavy atom. The summed E-state index contributed by atoms with van der Waals surface area (Å²) in [6, 6.07) is 1.22. The quantitative estimate of drug-likeness (QED) is 0.760. The highest BCUT2D eigenvalue weighted by Crippen LogP contribution is 2.26. The van der Waals surface area contributed by atoms with Crippen LogP contribution in [0, 0.1) is 5.92 Å². The van der Waals surface area contributed by atoms with E-state index in [1.807, 2.05) is 23.9 Å². The lowest BCUT2D eigenvalue weighted by molar-refractivity contribution is -0.133. The van der Waals surface area contributed by atoms with Crippen LogP contribution in [0.4, 0.5) is 0 Å². The van der Waals surface area contributed by atoms with Gasteiger partial charge in [-0.1, -0.05) is 11.6 Å². The van der Waals surface area contributed by atoms with Crippen LogP contribution in [0.25, 0.3) is 0 Å². The number of likely N-dealkylation sites (tertiary alicyclic amines) is 1. The minimum Gasteiger partial charge on any atom is -0.476 e. The van der Waals surface area contributed by atoms with Crippen LogP contribution in [-0.4, -0.2) is 69.4 Å². The van der Waals surface area contributed by atoms with E-state index < -0.39 is 10.0 Å². The number of carbonyl (C=O) groups excluding carboxylic acids is 1. The molecule has 1 fully saturated rings. The molecule has 0 unspecified atom stereocenters. The van der Waals surface area contributed by atoms with E-state index in [4.69, 9.17) is 21.5 Å². The molecule has 2 heterocycles. The first-order valence-corrected chi connectivity index (χ1v) is 9.83. The average molecular weight is 391 g/mol. The van der Waals surface area contributed by atoms with Crippen molar-refractivity contribution < 1.29 is 17.9 Å². The second-order valence-electron chi connectivity index (χ2n) is 6.38. The molecule has 0 aromatic carbocycles. The van der Waals surface area contributed by atoms with Gasteiger partial charge in [-0.3, -0.25) is 4.79 Å². The maximum absolute atomic E-state index is 12.0. The Labute approximate surface area is 152 Å². The third kappa shape index (κ3) is 5.81. The number of nitrogens with two attached hydrogens (primary N) is 1. The minimum absolute atomic E-state index is 0.102. The van der Waals surface area contributed by atoms with Crippen LogP contribution >= 0.6 is 11.6 Å². The van der Waals surface area contributed by atoms with Gasteiger partial charge >= 0.3 is 0 Å². The van der Waals surface area contributed by atoms with Crippen molar-refractivity contribution in [3.05, 3.63) is 17.3 Å². The number of primary sulfonamides is 1. The normalized spacial score (nSPS) is 16.3. The molecular formula is C15H23ClN4O4S. The van der Waals surface area contributed by atoms with Gasteiger partial charge in [0.2, 0.25) is 21.8 Å². The first kappa shape index (κ1) is 19.9. The number of piperidine rings is 1. The van der Waals surface area contributed by atoms with Crippen molar-refractivity contribution in [1.82, 2.24) is 14.8 Å². The molecule has 0 radical (unpaired) electrons. The molecule has 0 atom stereocenters. The van der Waals surface area contributed by atoms with Crippen LogP contribution < -0.4 is 9.88 Å². The van der Waals surface area contributed by atoms with Crippen LogP contribution in [-0.2, 0) is 14.8 Å². The summed E-state index contributed by atoms with van der Waals surface area (Å²) < 4.78 is 28.1. The van der Waals surface area contributed by atoms with E-state index in [-0.39, 0.29) is 21.7 Å². The predicted octanol–water partition coefficient (Wildman–Crippen LogP) is 0.561. The maximum atomic E-state index is 12.0. The van der Waals surface area contributed by atoms with Gasteiger partial charge in [-0.2, -0.15) is 0 Å². The number of amides is 1. The van der Waals surface area contributed by atoms with E-state index in [0.717, 1.165) is 19.0 Å². The Hall–Kier alpha value is -1.42. The lowest BCUT2D eigenvalue weighted by atomic mass is 9.98. The van der Waals surface area contributed by atoms with Crippen molar-refractivity contribution in [1.29, 1.82) is 0 Å². The van der Waals surface area contributed by atoms with Crippen LogP contribution in [0.1, 0.15) is 12.8 Å². The van der Waals surface area contributed by atoms with Crippen molar-refractivity contribution in [2.75, 3.05) is 40.3 Å². The summed E-state index contributed by atoms with van der Waals surface area (Å²) in [5.41, 5.74) is 0. The topological polar surface area (TPSA) is 106 Å². The Kier molecular flexibility index (Phi) is 6.61. The molecule has 25 heavy (non-hydrogen) atoms. The van der Waals surface area contributed by atoms with Crippen LogP contribution in [0.15, 0.2) is 17.2 Å². The molecular weight excluding hydrogens is 368 g/mol. The third-order valence-electron chi connectivity index (χ3n) is 3.99. The molecule has 0 bridgehead atoms. The lowest BCUT2D eigenvalue weighted by Gasteiger charge is -2.32. The summed E-state index contributed by atoms with van der Waals surface area (Å²) in [4.78, 5) is 19.5. The zero-order valence-electron chi connectivity index (χ0n) is 14.3. The number of pyridine rings is 1. The zero-order valence-corrected chi connectivity index (χ0v) is 15.9. The number of sulfonamides is 1. The molecule has 140 valence electrons. The summed E-state index contributed by atoms with van der Waals surface area (Å²) in [5.74, 6) is 0.604. The molecule has 0 aliphatic carbocycles. The number of halogens is 1. The number of hydrogen-bond donors (Lipinski definition) is 1. The van der Waals surface area contributed by atoms with Crippen molar-refractivity contribution in [3.8, 4) is 5.88 Å². The van der Waals surface area contributed by atoms with Gasteiger partial charge in [0.05, 0.1) is 19.3 Å². The third-order valence-corrected chi connectivity index (χ3v) is 5.14. The second-order valence-corrected chi connectivity index (χ2v) is 8.34. The fraction of sp³-hybridized carbons (Fsp3) is 0.600. The largest absolute Gasteiger partial charge is 0.476 e. The second kappa shape index (κ2) is 8.31. The van der Waals surface area contributed by atoms with E-state index >= 15 is 0 Å². The van der Waals surface area contributed by atoms with E-state index in [1.54, 1.807) is 0 Å². The Bertz CT molecular complexity index is 718. The first-order valence-electron chi connectivity index (χ1n) is 7.90. The van der Waals surface area contributed by atoms with Crippen molar-refractivity contribution >= 4 is 27.5 Å². The molecule has 1 aromatic rings. The van der Waals surface area contributed by atoms with E-state index in [0.29, 0.717) is 32.2 Å². The number of rotatable bonds is 6. The van der Waals surface area contributed by atoms with Crippen molar-refractivity contribution in [3.63, 3.8) is 0 Å². The highest BCUT2D eigenvalue weighted by molar-refractivity contribution is 7.89. The molecule has 0 saturated carbocycles. The maximum Gasteiger partial charge on any atom is 0.239 e. The number of likely N-dealkylation sites (N-methyl/N-ethyl adjacent to an activating group) is 1. The van der Waals surface area contributed by atoms with Crippen LogP contribution in [0.3, 0.4) is 0 Å². The Morgan fingerprint density at radius 1 is 1.44 bits per heavy atom. The number of carbonyl (C=O) groups is 1. The smallest absolute Gasteiger partial charge is 0.239 e. The van der Waals surface area contributed by atoms with E-state index in [1.165, 1.54) is 6.07 Å². The molecule has 1 aliphatic heterocycles. The van der Waals surface area contributed by atoms with Gasteiger partial charge in [0, 0.05) is 13.1 Å². The van der Waals surface area contributed by atoms with E-state index in [9.17, 15) is 13.2 Å². The van der Waals surface area contributed by atoms with Gasteiger partial charge in [0.1, 0.15) is 9.92 Å². The molecule has 2 rings (SSSR count). The summed E-state index contributed by atoms with van der Waals surface area (Å²) in [6.45, 7) is 2.23. The van der Waals surface area contributed by atoms with Gasteiger partial charge in [-0.25, -0.2) is 18.5 Å². The zero-order chi connectivity index (χ0) is 18.6. The fourth-order valence-electron chi connectivity index (χ4n) is 2.59. The molecule has 1 aliphatic rings. The van der Waals surface area contributed by atoms with Gasteiger partial charge in [0.25, 0.3) is 0 Å². The highest BCUT2D eigenvalue weighted by Gasteiger charge is 2.24. The van der Waals surface area contributed by atoms with Crippen LogP contribution in [0.5, 0.6) is 5.88 Å².